The van der Waals surface area contributed by atoms with Gasteiger partial charge in [-0.15, -0.1) is 11.3 Å². The molecule has 0 bridgehead atoms. The molecule has 0 amide bonds. The third-order valence-corrected chi connectivity index (χ3v) is 14.5. The first kappa shape index (κ1) is 34.6. The summed E-state index contributed by atoms with van der Waals surface area (Å²) in [7, 11) is 0. The number of aromatic nitrogens is 4. The van der Waals surface area contributed by atoms with Crippen molar-refractivity contribution in [2.75, 3.05) is 0 Å². The van der Waals surface area contributed by atoms with Gasteiger partial charge in [-0.3, -0.25) is 9.55 Å². The highest BCUT2D eigenvalue weighted by Gasteiger charge is 2.35. The molecule has 12 aromatic rings. The second kappa shape index (κ2) is 12.7. The van der Waals surface area contributed by atoms with Crippen LogP contribution in [0.3, 0.4) is 0 Å². The van der Waals surface area contributed by atoms with E-state index >= 15 is 0 Å². The van der Waals surface area contributed by atoms with E-state index in [0.717, 1.165) is 67.3 Å². The van der Waals surface area contributed by atoms with Crippen LogP contribution in [0.1, 0.15) is 37.6 Å². The normalized spacial score (nSPS) is 13.4. The van der Waals surface area contributed by atoms with Gasteiger partial charge in [0.1, 0.15) is 0 Å². The van der Waals surface area contributed by atoms with E-state index in [0.29, 0.717) is 5.95 Å². The predicted octanol–water partition coefficient (Wildman–Crippen LogP) is 15.0. The smallest absolute Gasteiger partial charge is 0.235 e. The number of nitrogens with zero attached hydrogens (tertiary/aromatic N) is 4. The van der Waals surface area contributed by atoms with E-state index in [1.807, 2.05) is 11.3 Å². The van der Waals surface area contributed by atoms with Crippen LogP contribution in [0.4, 0.5) is 0 Å². The molecule has 13 rings (SSSR count). The predicted molar refractivity (Wildman–Crippen MR) is 257 cm³/mol. The zero-order valence-electron chi connectivity index (χ0n) is 34.0. The Morgan fingerprint density at radius 2 is 1.30 bits per heavy atom. The van der Waals surface area contributed by atoms with Gasteiger partial charge in [0.15, 0.2) is 0 Å². The summed E-state index contributed by atoms with van der Waals surface area (Å²) in [5.41, 5.74) is 13.4. The Kier molecular flexibility index (Phi) is 7.18. The molecule has 1 aliphatic carbocycles. The van der Waals surface area contributed by atoms with Gasteiger partial charge in [0.25, 0.3) is 0 Å². The monoisotopic (exact) mass is 798 g/mol. The number of rotatable bonds is 4. The molecule has 0 atom stereocenters. The van der Waals surface area contributed by atoms with Crippen molar-refractivity contribution in [2.24, 2.45) is 0 Å². The average Bonchev–Trinajstić information content (AvgIpc) is 3.92. The van der Waals surface area contributed by atoms with Gasteiger partial charge in [0.05, 0.1) is 27.9 Å². The van der Waals surface area contributed by atoms with E-state index in [-0.39, 0.29) is 5.41 Å². The Hall–Kier alpha value is -7.21. The van der Waals surface area contributed by atoms with Gasteiger partial charge in [-0.1, -0.05) is 124 Å². The molecule has 8 aromatic carbocycles. The molecule has 4 aromatic heterocycles. The van der Waals surface area contributed by atoms with Crippen LogP contribution in [0.5, 0.6) is 0 Å². The summed E-state index contributed by atoms with van der Waals surface area (Å²) >= 11 is 1.86. The lowest BCUT2D eigenvalue weighted by atomic mass is 9.81. The molecule has 0 unspecified atom stereocenters. The number of aryl methyl sites for hydroxylation is 1. The fourth-order valence-electron chi connectivity index (χ4n) is 10.3. The van der Waals surface area contributed by atoms with Gasteiger partial charge >= 0.3 is 0 Å². The number of hydrogen-bond acceptors (Lipinski definition) is 4. The van der Waals surface area contributed by atoms with Gasteiger partial charge in [-0.2, -0.15) is 0 Å². The SMILES string of the molecule is CCc1cccc(-c2ccc3c(c2)c2cc4c(ccc5sc6ccccc6c54)cc2n3-c2nc(-c3ccc4c(c3)C(C)(C)c3ccccc3-4)c3c(ccc4ccccc43)n2)n1. The molecule has 5 heteroatoms. The highest BCUT2D eigenvalue weighted by molar-refractivity contribution is 7.26. The first-order chi connectivity index (χ1) is 29.9. The summed E-state index contributed by atoms with van der Waals surface area (Å²) in [6.45, 7) is 6.85. The molecule has 0 fully saturated rings. The second-order valence-electron chi connectivity index (χ2n) is 17.0. The molecule has 0 saturated heterocycles. The summed E-state index contributed by atoms with van der Waals surface area (Å²) in [5.74, 6) is 0.654. The highest BCUT2D eigenvalue weighted by atomic mass is 32.1. The minimum absolute atomic E-state index is 0.147. The zero-order valence-corrected chi connectivity index (χ0v) is 34.8. The quantitative estimate of drug-likeness (QED) is 0.167. The Balaban J connectivity index is 1.13. The molecule has 0 spiro atoms. The second-order valence-corrected chi connectivity index (χ2v) is 18.1. The molecule has 61 heavy (non-hydrogen) atoms. The molecule has 4 nitrogen and oxygen atoms in total. The van der Waals surface area contributed by atoms with Gasteiger partial charge in [0.2, 0.25) is 5.95 Å². The van der Waals surface area contributed by atoms with E-state index in [1.165, 1.54) is 64.0 Å². The Labute approximate surface area is 356 Å². The first-order valence-corrected chi connectivity index (χ1v) is 22.0. The van der Waals surface area contributed by atoms with Crippen molar-refractivity contribution < 1.29 is 0 Å². The molecule has 4 heterocycles. The van der Waals surface area contributed by atoms with E-state index in [4.69, 9.17) is 15.0 Å². The lowest BCUT2D eigenvalue weighted by Gasteiger charge is -2.22. The van der Waals surface area contributed by atoms with Crippen molar-refractivity contribution >= 4 is 85.8 Å². The van der Waals surface area contributed by atoms with Crippen LogP contribution in [0.25, 0.3) is 114 Å². The fourth-order valence-corrected chi connectivity index (χ4v) is 11.4. The topological polar surface area (TPSA) is 43.6 Å². The summed E-state index contributed by atoms with van der Waals surface area (Å²) in [5, 5.41) is 10.8. The Bertz CT molecular complexity index is 3850. The van der Waals surface area contributed by atoms with Gasteiger partial charge in [-0.05, 0) is 111 Å². The third kappa shape index (κ3) is 4.95. The molecule has 1 aliphatic rings. The minimum Gasteiger partial charge on any atom is -0.278 e. The molecular weight excluding hydrogens is 761 g/mol. The van der Waals surface area contributed by atoms with Gasteiger partial charge < -0.3 is 0 Å². The van der Waals surface area contributed by atoms with Crippen molar-refractivity contribution in [2.45, 2.75) is 32.6 Å². The maximum absolute atomic E-state index is 5.69. The van der Waals surface area contributed by atoms with Crippen LogP contribution in [0, 0.1) is 0 Å². The fraction of sp³-hybridized carbons (Fsp3) is 0.0893. The molecule has 0 aliphatic heterocycles. The largest absolute Gasteiger partial charge is 0.278 e. The van der Waals surface area contributed by atoms with Crippen molar-refractivity contribution in [3.63, 3.8) is 0 Å². The van der Waals surface area contributed by atoms with Crippen molar-refractivity contribution in [1.29, 1.82) is 0 Å². The van der Waals surface area contributed by atoms with Crippen molar-refractivity contribution in [1.82, 2.24) is 19.5 Å². The number of hydrogen-bond donors (Lipinski definition) is 0. The zero-order chi connectivity index (χ0) is 40.6. The first-order valence-electron chi connectivity index (χ1n) is 21.2. The van der Waals surface area contributed by atoms with Crippen molar-refractivity contribution in [3.05, 3.63) is 181 Å². The van der Waals surface area contributed by atoms with Crippen LogP contribution in [-0.4, -0.2) is 19.5 Å². The van der Waals surface area contributed by atoms with Crippen LogP contribution in [-0.2, 0) is 11.8 Å². The van der Waals surface area contributed by atoms with Crippen LogP contribution < -0.4 is 0 Å². The number of pyridine rings is 1. The molecule has 0 saturated carbocycles. The number of benzene rings is 8. The van der Waals surface area contributed by atoms with E-state index in [1.54, 1.807) is 0 Å². The Morgan fingerprint density at radius 1 is 0.508 bits per heavy atom. The van der Waals surface area contributed by atoms with E-state index in [2.05, 4.69) is 189 Å². The van der Waals surface area contributed by atoms with Crippen LogP contribution in [0.15, 0.2) is 164 Å². The lowest BCUT2D eigenvalue weighted by Crippen LogP contribution is -2.15. The number of fused-ring (bicyclic) bond motifs is 14. The summed E-state index contributed by atoms with van der Waals surface area (Å²) in [6, 6.07) is 60.0. The third-order valence-electron chi connectivity index (χ3n) is 13.3. The summed E-state index contributed by atoms with van der Waals surface area (Å²) in [4.78, 5) is 16.2. The standard InChI is InChI=1S/C56H38N4S/c1-4-36-13-11-18-46(57-36)34-22-26-48-42(28-34)43-31-41-33(23-27-51-52(41)40-16-8-10-19-50(40)61-51)30-49(43)60(48)55-58-47-25-21-32-12-5-6-14-37(32)53(47)54(59-55)35-20-24-39-38-15-7-9-17-44(38)56(2,3)45(39)29-35/h5-31H,4H2,1-3H3. The molecule has 0 radical (unpaired) electrons. The Morgan fingerprint density at radius 3 is 2.21 bits per heavy atom. The molecule has 288 valence electrons. The van der Waals surface area contributed by atoms with Crippen molar-refractivity contribution in [3.8, 4) is 39.6 Å². The van der Waals surface area contributed by atoms with E-state index in [9.17, 15) is 0 Å². The summed E-state index contributed by atoms with van der Waals surface area (Å²) < 4.78 is 4.90. The maximum atomic E-state index is 5.69. The van der Waals surface area contributed by atoms with Crippen LogP contribution in [0.2, 0.25) is 0 Å². The van der Waals surface area contributed by atoms with E-state index < -0.39 is 0 Å². The molecular formula is C56H38N4S. The maximum Gasteiger partial charge on any atom is 0.235 e. The number of thiophene rings is 1. The highest BCUT2D eigenvalue weighted by Crippen LogP contribution is 2.50. The van der Waals surface area contributed by atoms with Gasteiger partial charge in [0, 0.05) is 58.6 Å². The van der Waals surface area contributed by atoms with Gasteiger partial charge in [-0.25, -0.2) is 9.97 Å². The minimum atomic E-state index is -0.147. The average molecular weight is 799 g/mol. The lowest BCUT2D eigenvalue weighted by molar-refractivity contribution is 0.660. The molecule has 0 N–H and O–H groups in total. The van der Waals surface area contributed by atoms with Crippen LogP contribution >= 0.6 is 11.3 Å². The summed E-state index contributed by atoms with van der Waals surface area (Å²) in [6.07, 6.45) is 0.886.